The molecule has 0 saturated heterocycles. The molecule has 72 valence electrons. The van der Waals surface area contributed by atoms with E-state index < -0.39 is 0 Å². The summed E-state index contributed by atoms with van der Waals surface area (Å²) >= 11 is 0. The van der Waals surface area contributed by atoms with E-state index in [4.69, 9.17) is 0 Å². The van der Waals surface area contributed by atoms with Crippen molar-refractivity contribution in [2.24, 2.45) is 11.3 Å². The Morgan fingerprint density at radius 3 is 3.00 bits per heavy atom. The van der Waals surface area contributed by atoms with Crippen molar-refractivity contribution in [1.29, 1.82) is 0 Å². The van der Waals surface area contributed by atoms with Gasteiger partial charge in [0, 0.05) is 5.92 Å². The van der Waals surface area contributed by atoms with Gasteiger partial charge in [0.2, 0.25) is 0 Å². The number of allylic oxidation sites excluding steroid dienone is 2. The van der Waals surface area contributed by atoms with Crippen molar-refractivity contribution in [2.75, 3.05) is 0 Å². The molecule has 2 rings (SSSR count). The number of carbonyl (C=O) groups is 1. The van der Waals surface area contributed by atoms with Crippen molar-refractivity contribution in [1.82, 2.24) is 0 Å². The molecule has 0 bridgehead atoms. The number of ketones is 1. The zero-order valence-electron chi connectivity index (χ0n) is 8.60. The van der Waals surface area contributed by atoms with Gasteiger partial charge in [-0.25, -0.2) is 0 Å². The Morgan fingerprint density at radius 2 is 2.23 bits per heavy atom. The van der Waals surface area contributed by atoms with Crippen molar-refractivity contribution in [3.05, 3.63) is 11.6 Å². The van der Waals surface area contributed by atoms with E-state index in [0.717, 1.165) is 12.8 Å². The average molecular weight is 178 g/mol. The average Bonchev–Trinajstić information content (AvgIpc) is 2.01. The summed E-state index contributed by atoms with van der Waals surface area (Å²) in [5.74, 6) is 0.732. The zero-order valence-corrected chi connectivity index (χ0v) is 8.60. The van der Waals surface area contributed by atoms with Gasteiger partial charge in [0.15, 0.2) is 5.78 Å². The van der Waals surface area contributed by atoms with Gasteiger partial charge in [0.05, 0.1) is 0 Å². The molecule has 1 saturated carbocycles. The monoisotopic (exact) mass is 178 g/mol. The van der Waals surface area contributed by atoms with E-state index in [1.165, 1.54) is 24.8 Å². The Hall–Kier alpha value is -0.590. The summed E-state index contributed by atoms with van der Waals surface area (Å²) in [7, 11) is 0. The van der Waals surface area contributed by atoms with E-state index in [2.05, 4.69) is 13.8 Å². The lowest BCUT2D eigenvalue weighted by Crippen LogP contribution is -2.38. The van der Waals surface area contributed by atoms with E-state index in [1.54, 1.807) is 0 Å². The summed E-state index contributed by atoms with van der Waals surface area (Å²) in [6, 6.07) is 0. The predicted molar refractivity (Wildman–Crippen MR) is 53.4 cm³/mol. The van der Waals surface area contributed by atoms with Crippen LogP contribution in [-0.2, 0) is 4.79 Å². The van der Waals surface area contributed by atoms with Gasteiger partial charge in [-0.3, -0.25) is 4.79 Å². The molecule has 0 spiro atoms. The molecule has 0 aromatic heterocycles. The Labute approximate surface area is 80.2 Å². The highest BCUT2D eigenvalue weighted by Gasteiger charge is 2.42. The maximum Gasteiger partial charge on any atom is 0.159 e. The molecule has 1 fully saturated rings. The van der Waals surface area contributed by atoms with E-state index in [0.29, 0.717) is 17.1 Å². The fourth-order valence-electron chi connectivity index (χ4n) is 3.13. The molecule has 2 atom stereocenters. The molecule has 0 aromatic rings. The second-order valence-corrected chi connectivity index (χ2v) is 5.02. The Bertz CT molecular complexity index is 264. The molecule has 0 aromatic carbocycles. The van der Waals surface area contributed by atoms with Crippen LogP contribution in [0.3, 0.4) is 0 Å². The van der Waals surface area contributed by atoms with Crippen LogP contribution >= 0.6 is 0 Å². The normalized spacial score (nSPS) is 39.7. The molecular weight excluding hydrogens is 160 g/mol. The first-order valence-corrected chi connectivity index (χ1v) is 5.33. The van der Waals surface area contributed by atoms with Crippen molar-refractivity contribution in [3.63, 3.8) is 0 Å². The quantitative estimate of drug-likeness (QED) is 0.557. The standard InChI is InChI=1S/C12H18O/c1-9-7-11(13)10-5-3-4-6-12(10,2)8-9/h7,10H,3-6,8H2,1-2H3. The second kappa shape index (κ2) is 2.97. The topological polar surface area (TPSA) is 17.1 Å². The predicted octanol–water partition coefficient (Wildman–Crippen LogP) is 3.10. The van der Waals surface area contributed by atoms with Crippen LogP contribution in [-0.4, -0.2) is 5.78 Å². The lowest BCUT2D eigenvalue weighted by atomic mass is 9.60. The zero-order chi connectivity index (χ0) is 9.47. The summed E-state index contributed by atoms with van der Waals surface area (Å²) in [4.78, 5) is 11.8. The fraction of sp³-hybridized carbons (Fsp3) is 0.750. The highest BCUT2D eigenvalue weighted by molar-refractivity contribution is 5.94. The van der Waals surface area contributed by atoms with Crippen LogP contribution in [0.5, 0.6) is 0 Å². The van der Waals surface area contributed by atoms with Gasteiger partial charge >= 0.3 is 0 Å². The smallest absolute Gasteiger partial charge is 0.159 e. The highest BCUT2D eigenvalue weighted by Crippen LogP contribution is 2.48. The first-order valence-electron chi connectivity index (χ1n) is 5.33. The van der Waals surface area contributed by atoms with Crippen LogP contribution in [0.2, 0.25) is 0 Å². The van der Waals surface area contributed by atoms with Gasteiger partial charge in [-0.05, 0) is 37.7 Å². The second-order valence-electron chi connectivity index (χ2n) is 5.02. The number of hydrogen-bond acceptors (Lipinski definition) is 1. The molecule has 2 aliphatic rings. The molecular formula is C12H18O. The van der Waals surface area contributed by atoms with E-state index in [1.807, 2.05) is 6.08 Å². The van der Waals surface area contributed by atoms with Crippen LogP contribution in [0.25, 0.3) is 0 Å². The van der Waals surface area contributed by atoms with E-state index in [-0.39, 0.29) is 0 Å². The van der Waals surface area contributed by atoms with Crippen molar-refractivity contribution >= 4 is 5.78 Å². The molecule has 0 heterocycles. The minimum atomic E-state index is 0.300. The Balaban J connectivity index is 2.30. The van der Waals surface area contributed by atoms with E-state index in [9.17, 15) is 4.79 Å². The third kappa shape index (κ3) is 1.45. The maximum absolute atomic E-state index is 11.8. The summed E-state index contributed by atoms with van der Waals surface area (Å²) in [6.45, 7) is 4.39. The van der Waals surface area contributed by atoms with Crippen LogP contribution in [0, 0.1) is 11.3 Å². The molecule has 0 N–H and O–H groups in total. The Kier molecular flexibility index (Phi) is 2.05. The number of carbonyl (C=O) groups excluding carboxylic acids is 1. The molecule has 0 amide bonds. The van der Waals surface area contributed by atoms with E-state index >= 15 is 0 Å². The minimum Gasteiger partial charge on any atom is -0.295 e. The number of fused-ring (bicyclic) bond motifs is 1. The molecule has 0 radical (unpaired) electrons. The number of rotatable bonds is 0. The van der Waals surface area contributed by atoms with Crippen molar-refractivity contribution in [3.8, 4) is 0 Å². The third-order valence-electron chi connectivity index (χ3n) is 3.75. The van der Waals surface area contributed by atoms with Gasteiger partial charge in [0.1, 0.15) is 0 Å². The van der Waals surface area contributed by atoms with Crippen LogP contribution in [0.1, 0.15) is 46.0 Å². The summed E-state index contributed by atoms with van der Waals surface area (Å²) < 4.78 is 0. The number of hydrogen-bond donors (Lipinski definition) is 0. The molecule has 1 nitrogen and oxygen atoms in total. The maximum atomic E-state index is 11.8. The van der Waals surface area contributed by atoms with Crippen molar-refractivity contribution in [2.45, 2.75) is 46.0 Å². The third-order valence-corrected chi connectivity index (χ3v) is 3.75. The SMILES string of the molecule is CC1=CC(=O)C2CCCCC2(C)C1. The van der Waals surface area contributed by atoms with Gasteiger partial charge in [0.25, 0.3) is 0 Å². The summed E-state index contributed by atoms with van der Waals surface area (Å²) in [6.07, 6.45) is 7.95. The Morgan fingerprint density at radius 1 is 1.46 bits per heavy atom. The highest BCUT2D eigenvalue weighted by atomic mass is 16.1. The molecule has 0 aliphatic heterocycles. The van der Waals surface area contributed by atoms with Gasteiger partial charge < -0.3 is 0 Å². The largest absolute Gasteiger partial charge is 0.295 e. The summed E-state index contributed by atoms with van der Waals surface area (Å²) in [5, 5.41) is 0. The lowest BCUT2D eigenvalue weighted by Gasteiger charge is -2.43. The first-order chi connectivity index (χ1) is 6.12. The molecule has 2 unspecified atom stereocenters. The van der Waals surface area contributed by atoms with Crippen LogP contribution < -0.4 is 0 Å². The van der Waals surface area contributed by atoms with Crippen LogP contribution in [0.15, 0.2) is 11.6 Å². The first kappa shape index (κ1) is 8.98. The van der Waals surface area contributed by atoms with Crippen LogP contribution in [0.4, 0.5) is 0 Å². The molecule has 2 aliphatic carbocycles. The van der Waals surface area contributed by atoms with Crippen molar-refractivity contribution < 1.29 is 4.79 Å². The van der Waals surface area contributed by atoms with Gasteiger partial charge in [-0.2, -0.15) is 0 Å². The van der Waals surface area contributed by atoms with Gasteiger partial charge in [-0.15, -0.1) is 0 Å². The fourth-order valence-corrected chi connectivity index (χ4v) is 3.13. The summed E-state index contributed by atoms with van der Waals surface area (Å²) in [5.41, 5.74) is 1.58. The minimum absolute atomic E-state index is 0.300. The molecule has 1 heteroatoms. The molecule has 13 heavy (non-hydrogen) atoms. The van der Waals surface area contributed by atoms with Gasteiger partial charge in [-0.1, -0.05) is 25.3 Å². The lowest BCUT2D eigenvalue weighted by molar-refractivity contribution is -0.124.